The van der Waals surface area contributed by atoms with Crippen LogP contribution in [-0.2, 0) is 13.6 Å². The van der Waals surface area contributed by atoms with Crippen molar-refractivity contribution in [2.75, 3.05) is 19.6 Å². The molecule has 28 heavy (non-hydrogen) atoms. The van der Waals surface area contributed by atoms with Gasteiger partial charge in [0.2, 0.25) is 0 Å². The van der Waals surface area contributed by atoms with Gasteiger partial charge in [0.05, 0.1) is 5.69 Å². The Morgan fingerprint density at radius 2 is 2.18 bits per heavy atom. The van der Waals surface area contributed by atoms with Crippen LogP contribution in [0.4, 0.5) is 4.39 Å². The number of hydrogen-bond acceptors (Lipinski definition) is 3. The maximum atomic E-state index is 13.8. The Labute approximate surface area is 163 Å². The highest BCUT2D eigenvalue weighted by molar-refractivity contribution is 5.93. The zero-order chi connectivity index (χ0) is 19.5. The van der Waals surface area contributed by atoms with Gasteiger partial charge in [-0.2, -0.15) is 5.10 Å². The summed E-state index contributed by atoms with van der Waals surface area (Å²) < 4.78 is 15.8. The lowest BCUT2D eigenvalue weighted by atomic mass is 10.1. The molecule has 2 aromatic heterocycles. The van der Waals surface area contributed by atoms with E-state index in [1.807, 2.05) is 42.1 Å². The van der Waals surface area contributed by atoms with Crippen molar-refractivity contribution >= 4 is 5.91 Å². The maximum Gasteiger partial charge on any atom is 0.269 e. The molecule has 1 atom stereocenters. The smallest absolute Gasteiger partial charge is 0.269 e. The van der Waals surface area contributed by atoms with Crippen molar-refractivity contribution in [1.82, 2.24) is 25.0 Å². The highest BCUT2D eigenvalue weighted by atomic mass is 19.1. The number of hydrogen-bond donors (Lipinski definition) is 2. The fourth-order valence-corrected chi connectivity index (χ4v) is 3.72. The predicted octanol–water partition coefficient (Wildman–Crippen LogP) is 2.81. The molecule has 1 aliphatic heterocycles. The van der Waals surface area contributed by atoms with E-state index >= 15 is 0 Å². The first kappa shape index (κ1) is 18.4. The van der Waals surface area contributed by atoms with E-state index in [1.54, 1.807) is 12.1 Å². The number of likely N-dealkylation sites (tertiary alicyclic amines) is 1. The van der Waals surface area contributed by atoms with E-state index in [1.165, 1.54) is 6.07 Å². The molecular weight excluding hydrogens is 357 g/mol. The lowest BCUT2D eigenvalue weighted by molar-refractivity contribution is 0.0942. The molecule has 1 aliphatic rings. The third kappa shape index (κ3) is 3.99. The molecule has 2 N–H and O–H groups in total. The van der Waals surface area contributed by atoms with Crippen molar-refractivity contribution in [2.45, 2.75) is 13.0 Å². The van der Waals surface area contributed by atoms with Crippen LogP contribution in [0.1, 0.15) is 22.5 Å². The van der Waals surface area contributed by atoms with Crippen molar-refractivity contribution in [3.05, 3.63) is 65.7 Å². The van der Waals surface area contributed by atoms with Gasteiger partial charge in [0.25, 0.3) is 5.91 Å². The van der Waals surface area contributed by atoms with E-state index in [2.05, 4.69) is 20.4 Å². The summed E-state index contributed by atoms with van der Waals surface area (Å²) in [6.45, 7) is 2.98. The number of carbonyl (C=O) groups excluding carboxylic acids is 1. The second-order valence-corrected chi connectivity index (χ2v) is 7.36. The minimum atomic E-state index is -0.160. The standard InChI is InChI=1S/C21H24FN5O/c1-26-9-4-7-20(26)18-11-19(25-24-18)21(28)23-12-15-8-10-27(13-15)14-16-5-2-3-6-17(16)22/h2-7,9,11,15H,8,10,12-14H2,1H3,(H,23,28)(H,24,25). The Hall–Kier alpha value is -2.93. The van der Waals surface area contributed by atoms with Gasteiger partial charge in [-0.1, -0.05) is 18.2 Å². The van der Waals surface area contributed by atoms with E-state index in [0.717, 1.165) is 36.5 Å². The van der Waals surface area contributed by atoms with Crippen LogP contribution in [0, 0.1) is 11.7 Å². The first-order chi connectivity index (χ1) is 13.6. The monoisotopic (exact) mass is 381 g/mol. The fourth-order valence-electron chi connectivity index (χ4n) is 3.72. The van der Waals surface area contributed by atoms with Crippen LogP contribution in [0.2, 0.25) is 0 Å². The predicted molar refractivity (Wildman–Crippen MR) is 105 cm³/mol. The lowest BCUT2D eigenvalue weighted by Crippen LogP contribution is -2.31. The SMILES string of the molecule is Cn1cccc1-c1cc(C(=O)NCC2CCN(Cc3ccccc3F)C2)[nH]n1. The highest BCUT2D eigenvalue weighted by Crippen LogP contribution is 2.20. The number of rotatable bonds is 6. The van der Waals surface area contributed by atoms with Crippen molar-refractivity contribution in [3.8, 4) is 11.4 Å². The average Bonchev–Trinajstić information content (AvgIpc) is 3.42. The Kier molecular flexibility index (Phi) is 5.25. The number of aryl methyl sites for hydroxylation is 1. The molecule has 1 amide bonds. The summed E-state index contributed by atoms with van der Waals surface area (Å²) in [4.78, 5) is 14.7. The summed E-state index contributed by atoms with van der Waals surface area (Å²) in [6, 6.07) is 12.6. The van der Waals surface area contributed by atoms with E-state index in [-0.39, 0.29) is 11.7 Å². The quantitative estimate of drug-likeness (QED) is 0.690. The number of nitrogens with one attached hydrogen (secondary N) is 2. The Morgan fingerprint density at radius 3 is 2.96 bits per heavy atom. The molecule has 0 saturated carbocycles. The van der Waals surface area contributed by atoms with Gasteiger partial charge >= 0.3 is 0 Å². The summed E-state index contributed by atoms with van der Waals surface area (Å²) in [5, 5.41) is 10.0. The van der Waals surface area contributed by atoms with Crippen LogP contribution in [-0.4, -0.2) is 45.2 Å². The number of H-pyrrole nitrogens is 1. The zero-order valence-corrected chi connectivity index (χ0v) is 15.9. The number of aromatic amines is 1. The zero-order valence-electron chi connectivity index (χ0n) is 15.9. The van der Waals surface area contributed by atoms with Crippen LogP contribution in [0.15, 0.2) is 48.7 Å². The number of halogens is 1. The molecule has 0 radical (unpaired) electrons. The largest absolute Gasteiger partial charge is 0.350 e. The highest BCUT2D eigenvalue weighted by Gasteiger charge is 2.24. The third-order valence-corrected chi connectivity index (χ3v) is 5.30. The number of benzene rings is 1. The second kappa shape index (κ2) is 7.98. The topological polar surface area (TPSA) is 66.0 Å². The Morgan fingerprint density at radius 1 is 1.32 bits per heavy atom. The van der Waals surface area contributed by atoms with Gasteiger partial charge in [-0.3, -0.25) is 14.8 Å². The first-order valence-corrected chi connectivity index (χ1v) is 9.51. The van der Waals surface area contributed by atoms with Crippen LogP contribution in [0.5, 0.6) is 0 Å². The van der Waals surface area contributed by atoms with Crippen molar-refractivity contribution in [2.24, 2.45) is 13.0 Å². The van der Waals surface area contributed by atoms with E-state index in [9.17, 15) is 9.18 Å². The number of amides is 1. The summed E-state index contributed by atoms with van der Waals surface area (Å²) in [7, 11) is 1.94. The van der Waals surface area contributed by atoms with Crippen LogP contribution in [0.3, 0.4) is 0 Å². The number of aromatic nitrogens is 3. The van der Waals surface area contributed by atoms with Crippen molar-refractivity contribution in [3.63, 3.8) is 0 Å². The van der Waals surface area contributed by atoms with Crippen molar-refractivity contribution in [1.29, 1.82) is 0 Å². The van der Waals surface area contributed by atoms with Gasteiger partial charge < -0.3 is 9.88 Å². The molecule has 1 unspecified atom stereocenters. The van der Waals surface area contributed by atoms with Crippen molar-refractivity contribution < 1.29 is 9.18 Å². The number of carbonyl (C=O) groups is 1. The summed E-state index contributed by atoms with van der Waals surface area (Å²) >= 11 is 0. The lowest BCUT2D eigenvalue weighted by Gasteiger charge is -2.16. The molecule has 3 aromatic rings. The van der Waals surface area contributed by atoms with Crippen LogP contribution < -0.4 is 5.32 Å². The molecule has 6 nitrogen and oxygen atoms in total. The minimum Gasteiger partial charge on any atom is -0.350 e. The molecule has 146 valence electrons. The summed E-state index contributed by atoms with van der Waals surface area (Å²) in [5.41, 5.74) is 2.87. The van der Waals surface area contributed by atoms with E-state index in [0.29, 0.717) is 24.7 Å². The van der Waals surface area contributed by atoms with Gasteiger partial charge in [0, 0.05) is 38.4 Å². The molecule has 0 bridgehead atoms. The normalized spacial score (nSPS) is 17.1. The Balaban J connectivity index is 1.28. The van der Waals surface area contributed by atoms with Crippen LogP contribution >= 0.6 is 0 Å². The fraction of sp³-hybridized carbons (Fsp3) is 0.333. The molecule has 4 rings (SSSR count). The molecule has 0 spiro atoms. The third-order valence-electron chi connectivity index (χ3n) is 5.30. The van der Waals surface area contributed by atoms with Gasteiger partial charge in [0.15, 0.2) is 0 Å². The average molecular weight is 381 g/mol. The molecule has 3 heterocycles. The van der Waals surface area contributed by atoms with Gasteiger partial charge in [-0.05, 0) is 43.1 Å². The summed E-state index contributed by atoms with van der Waals surface area (Å²) in [6.07, 6.45) is 2.93. The molecule has 1 saturated heterocycles. The van der Waals surface area contributed by atoms with Gasteiger partial charge in [-0.25, -0.2) is 4.39 Å². The first-order valence-electron chi connectivity index (χ1n) is 9.51. The number of nitrogens with zero attached hydrogens (tertiary/aromatic N) is 3. The van der Waals surface area contributed by atoms with E-state index in [4.69, 9.17) is 0 Å². The van der Waals surface area contributed by atoms with Gasteiger partial charge in [-0.15, -0.1) is 0 Å². The van der Waals surface area contributed by atoms with Crippen LogP contribution in [0.25, 0.3) is 11.4 Å². The molecule has 1 fully saturated rings. The van der Waals surface area contributed by atoms with E-state index < -0.39 is 0 Å². The molecule has 0 aliphatic carbocycles. The maximum absolute atomic E-state index is 13.8. The Bertz CT molecular complexity index is 963. The van der Waals surface area contributed by atoms with Gasteiger partial charge in [0.1, 0.15) is 17.2 Å². The summed E-state index contributed by atoms with van der Waals surface area (Å²) in [5.74, 6) is 0.0547. The molecule has 7 heteroatoms. The molecular formula is C21H24FN5O. The molecule has 1 aromatic carbocycles. The minimum absolute atomic E-state index is 0.152. The second-order valence-electron chi connectivity index (χ2n) is 7.36.